The Balaban J connectivity index is 1.33. The highest BCUT2D eigenvalue weighted by atomic mass is 32.2. The van der Waals surface area contributed by atoms with Gasteiger partial charge in [0.25, 0.3) is 80.9 Å². The van der Waals surface area contributed by atoms with Crippen molar-refractivity contribution in [2.75, 3.05) is 20.0 Å². The Bertz CT molecular complexity index is 5610. The quantitative estimate of drug-likeness (QED) is 0.0225. The summed E-state index contributed by atoms with van der Waals surface area (Å²) in [5, 5.41) is 57.3. The lowest BCUT2D eigenvalue weighted by Gasteiger charge is -2.15. The Kier molecular flexibility index (Phi) is 17.2. The molecular formula is C44H33N9O29S8. The van der Waals surface area contributed by atoms with Crippen LogP contribution in [0.4, 0.5) is 51.2 Å². The lowest BCUT2D eigenvalue weighted by atomic mass is 10.0. The van der Waals surface area contributed by atoms with Gasteiger partial charge in [0.1, 0.15) is 96.2 Å². The predicted molar refractivity (Wildman–Crippen MR) is 302 cm³/mol. The smallest absolute Gasteiger partial charge is 0.297 e. The Hall–Kier alpha value is -8.98. The van der Waals surface area contributed by atoms with Crippen LogP contribution in [0, 0.1) is 0 Å². The number of hydrogen-bond donors (Lipinski definition) is 12. The molecule has 0 saturated carbocycles. The second-order valence-electron chi connectivity index (χ2n) is 17.8. The molecule has 0 unspecified atom stereocenters. The molecule has 0 aliphatic heterocycles. The maximum absolute atomic E-state index is 13.1. The maximum Gasteiger partial charge on any atom is 0.297 e. The highest BCUT2D eigenvalue weighted by Gasteiger charge is 2.33. The van der Waals surface area contributed by atoms with Gasteiger partial charge in [-0.3, -0.25) is 36.4 Å². The summed E-state index contributed by atoms with van der Waals surface area (Å²) >= 11 is 0. The largest absolute Gasteiger partial charge is 0.505 e. The molecule has 90 heavy (non-hydrogen) atoms. The molecule has 0 bridgehead atoms. The minimum absolute atomic E-state index is 0.150. The van der Waals surface area contributed by atoms with E-state index >= 15 is 0 Å². The number of phenolic OH excluding ortho intramolecular Hbond substituents is 3. The minimum Gasteiger partial charge on any atom is -0.505 e. The van der Waals surface area contributed by atoms with Crippen LogP contribution in [0.15, 0.2) is 165 Å². The molecule has 8 aromatic carbocycles. The summed E-state index contributed by atoms with van der Waals surface area (Å²) in [7, 11) is -42.4. The molecule has 13 N–H and O–H groups in total. The molecule has 0 aromatic heterocycles. The average Bonchev–Trinajstić information content (AvgIpc) is 0.824. The van der Waals surface area contributed by atoms with Crippen LogP contribution in [0.3, 0.4) is 0 Å². The van der Waals surface area contributed by atoms with Gasteiger partial charge in [0.2, 0.25) is 0 Å². The summed E-state index contributed by atoms with van der Waals surface area (Å²) < 4.78 is 294. The Morgan fingerprint density at radius 1 is 0.322 bits per heavy atom. The number of nitrogen functional groups attached to an aromatic ring is 1. The first-order valence-electron chi connectivity index (χ1n) is 22.9. The van der Waals surface area contributed by atoms with Crippen LogP contribution < -0.4 is 15.2 Å². The van der Waals surface area contributed by atoms with Crippen molar-refractivity contribution in [3.05, 3.63) is 84.9 Å². The molecule has 0 atom stereocenters. The van der Waals surface area contributed by atoms with E-state index in [1.54, 1.807) is 0 Å². The van der Waals surface area contributed by atoms with E-state index in [-0.39, 0.29) is 23.6 Å². The summed E-state index contributed by atoms with van der Waals surface area (Å²) in [5.74, 6) is -4.71. The summed E-state index contributed by atoms with van der Waals surface area (Å²) in [6, 6.07) is 8.82. The van der Waals surface area contributed by atoms with E-state index in [2.05, 4.69) is 40.9 Å². The van der Waals surface area contributed by atoms with E-state index in [1.807, 2.05) is 0 Å². The zero-order valence-corrected chi connectivity index (χ0v) is 50.3. The number of benzene rings is 8. The van der Waals surface area contributed by atoms with Crippen LogP contribution in [-0.2, 0) is 80.9 Å². The van der Waals surface area contributed by atoms with E-state index in [0.717, 1.165) is 50.6 Å². The molecule has 0 aliphatic carbocycles. The fourth-order valence-electron chi connectivity index (χ4n) is 8.30. The molecule has 0 fully saturated rings. The van der Waals surface area contributed by atoms with Crippen molar-refractivity contribution in [3.63, 3.8) is 0 Å². The van der Waals surface area contributed by atoms with Gasteiger partial charge in [-0.05, 0) is 78.2 Å². The Morgan fingerprint density at radius 2 is 0.678 bits per heavy atom. The first-order valence-corrected chi connectivity index (χ1v) is 34.4. The topological polar surface area (TPSA) is 639 Å². The number of nitrogens with zero attached hydrogens (tertiary/aromatic N) is 8. The monoisotopic (exact) mass is 1410 g/mol. The van der Waals surface area contributed by atoms with Crippen LogP contribution in [0.5, 0.6) is 28.7 Å². The molecule has 0 aliphatic rings. The van der Waals surface area contributed by atoms with Gasteiger partial charge in [0.05, 0.1) is 25.3 Å². The summed E-state index contributed by atoms with van der Waals surface area (Å²) in [6.07, 6.45) is 0. The second kappa shape index (κ2) is 23.1. The van der Waals surface area contributed by atoms with Crippen molar-refractivity contribution < 1.29 is 129 Å². The Labute approximate surface area is 503 Å². The number of anilines is 1. The van der Waals surface area contributed by atoms with Crippen LogP contribution in [0.1, 0.15) is 0 Å². The molecule has 46 heteroatoms. The number of ether oxygens (including phenoxy) is 2. The van der Waals surface area contributed by atoms with Gasteiger partial charge in [-0.25, -0.2) is 0 Å². The van der Waals surface area contributed by atoms with Crippen molar-refractivity contribution in [2.45, 2.75) is 39.2 Å². The molecule has 38 nitrogen and oxygen atoms in total. The summed E-state index contributed by atoms with van der Waals surface area (Å²) in [6.45, 7) is 0. The van der Waals surface area contributed by atoms with Crippen LogP contribution in [-0.4, -0.2) is 133 Å². The Morgan fingerprint density at radius 3 is 1.11 bits per heavy atom. The van der Waals surface area contributed by atoms with Crippen LogP contribution >= 0.6 is 0 Å². The zero-order valence-electron chi connectivity index (χ0n) is 43.8. The number of azo groups is 4. The number of hydrogen-bond acceptors (Lipinski definition) is 30. The maximum atomic E-state index is 13.1. The number of aromatic hydroxyl groups is 3. The first kappa shape index (κ1) is 67.0. The molecule has 0 radical (unpaired) electrons. The standard InChI is InChI=1S/C44H33N9O29S8/c1-81-18-3-6-24(31(11-18)85(63,64)65)46-51-38-33(87(69,70)71)10-17-9-30(84(60,61)62)27(13-21(17)42(38)55)49-50-28-16-29(83(57,58)59)23-15-35(89(75,76)77)40(43(56)36(23)37(28)45)53-48-26-8-5-20-22(44(26)90(78,79)80)14-34(88(72,73)74)39(41(20)54)52-47-25-7-4-19(82-2)12-32(25)86(66,67)68/h3-16,54-56H,45H2,1-2H3,(H,57,58,59)(H,60,61,62)(H,63,64,65)(H,66,67,68)(H,69,70,71)(H,72,73,74)(H,75,76,77)(H,78,79,80)/b50-49-,51-46-,52-47-,53-48-. The number of methoxy groups -OCH3 is 2. The third-order valence-corrected chi connectivity index (χ3v) is 19.3. The molecular weight excluding hydrogens is 1380 g/mol. The second-order valence-corrected chi connectivity index (χ2v) is 28.9. The molecule has 0 amide bonds. The van der Waals surface area contributed by atoms with Gasteiger partial charge in [-0.1, -0.05) is 0 Å². The van der Waals surface area contributed by atoms with E-state index in [4.69, 9.17) is 15.2 Å². The lowest BCUT2D eigenvalue weighted by molar-refractivity contribution is 0.412. The van der Waals surface area contributed by atoms with Crippen molar-refractivity contribution in [1.29, 1.82) is 0 Å². The van der Waals surface area contributed by atoms with Gasteiger partial charge in [-0.2, -0.15) is 67.3 Å². The van der Waals surface area contributed by atoms with Gasteiger partial charge in [-0.15, -0.1) is 40.9 Å². The lowest BCUT2D eigenvalue weighted by Crippen LogP contribution is -2.04. The van der Waals surface area contributed by atoms with Gasteiger partial charge < -0.3 is 30.5 Å². The fourth-order valence-corrected chi connectivity index (χ4v) is 13.7. The number of fused-ring (bicyclic) bond motifs is 3. The minimum atomic E-state index is -5.85. The highest BCUT2D eigenvalue weighted by molar-refractivity contribution is 7.88. The first-order chi connectivity index (χ1) is 41.3. The predicted octanol–water partition coefficient (Wildman–Crippen LogP) is 7.50. The third-order valence-electron chi connectivity index (χ3n) is 12.2. The van der Waals surface area contributed by atoms with Gasteiger partial charge in [0.15, 0.2) is 17.2 Å². The molecule has 8 rings (SSSR count). The van der Waals surface area contributed by atoms with E-state index in [1.165, 1.54) is 0 Å². The van der Waals surface area contributed by atoms with Crippen molar-refractivity contribution in [2.24, 2.45) is 40.9 Å². The fraction of sp³-hybridized carbons (Fsp3) is 0.0455. The molecule has 476 valence electrons. The van der Waals surface area contributed by atoms with E-state index in [0.29, 0.717) is 36.4 Å². The van der Waals surface area contributed by atoms with E-state index in [9.17, 15) is 119 Å². The number of nitrogens with two attached hydrogens (primary N) is 1. The summed E-state index contributed by atoms with van der Waals surface area (Å²) in [5.41, 5.74) is -3.62. The van der Waals surface area contributed by atoms with Crippen LogP contribution in [0.25, 0.3) is 32.3 Å². The van der Waals surface area contributed by atoms with Crippen molar-refractivity contribution in [1.82, 2.24) is 0 Å². The molecule has 0 spiro atoms. The summed E-state index contributed by atoms with van der Waals surface area (Å²) in [4.78, 5) is -10.9. The number of rotatable bonds is 18. The molecule has 0 saturated heterocycles. The van der Waals surface area contributed by atoms with Crippen LogP contribution in [0.2, 0.25) is 0 Å². The molecule has 0 heterocycles. The number of phenols is 3. The average molecular weight is 1410 g/mol. The molecule has 8 aromatic rings. The highest BCUT2D eigenvalue weighted by Crippen LogP contribution is 2.51. The van der Waals surface area contributed by atoms with E-state index < -0.39 is 221 Å². The SMILES string of the molecule is COc1ccc(/N=N\c2c(S(=O)(=O)O)cc3cc(S(=O)(=O)O)c(/N=N\c4cc(S(=O)(=O)O)c5cc(S(=O)(=O)O)c(/N=N\c6ccc7c(O)c(/N=N\c8ccc(OC)cc8S(=O)(=O)O)c(S(=O)(=O)O)cc7c6S(=O)(=O)O)c(O)c5c4N)cc3c2O)c(S(=O)(=O)O)c1. The van der Waals surface area contributed by atoms with Crippen molar-refractivity contribution in [3.8, 4) is 28.7 Å². The van der Waals surface area contributed by atoms with Gasteiger partial charge >= 0.3 is 0 Å². The third kappa shape index (κ3) is 13.3. The normalized spacial score (nSPS) is 13.5. The van der Waals surface area contributed by atoms with Gasteiger partial charge in [0, 0.05) is 33.7 Å². The zero-order chi connectivity index (χ0) is 67.1. The van der Waals surface area contributed by atoms with Crippen molar-refractivity contribution >= 4 is 164 Å².